The first-order valence-electron chi connectivity index (χ1n) is 9.61. The van der Waals surface area contributed by atoms with Crippen molar-refractivity contribution < 1.29 is 9.59 Å². The third-order valence-corrected chi connectivity index (χ3v) is 5.33. The molecule has 1 heterocycles. The summed E-state index contributed by atoms with van der Waals surface area (Å²) in [6, 6.07) is 13.0. The van der Waals surface area contributed by atoms with E-state index >= 15 is 0 Å². The van der Waals surface area contributed by atoms with Crippen LogP contribution < -0.4 is 15.5 Å². The van der Waals surface area contributed by atoms with Gasteiger partial charge in [0.1, 0.15) is 6.42 Å². The number of nitrogens with one attached hydrogen (secondary N) is 2. The fourth-order valence-electron chi connectivity index (χ4n) is 3.30. The molecule has 28 heavy (non-hydrogen) atoms. The molecule has 1 saturated heterocycles. The van der Waals surface area contributed by atoms with Crippen LogP contribution in [0.5, 0.6) is 0 Å². The van der Waals surface area contributed by atoms with Gasteiger partial charge in [0.2, 0.25) is 11.8 Å². The lowest BCUT2D eigenvalue weighted by Gasteiger charge is -2.32. The molecule has 1 fully saturated rings. The van der Waals surface area contributed by atoms with Crippen molar-refractivity contribution in [2.45, 2.75) is 33.1 Å². The second-order valence-corrected chi connectivity index (χ2v) is 7.89. The molecule has 2 aromatic carbocycles. The summed E-state index contributed by atoms with van der Waals surface area (Å²) in [6.07, 6.45) is 2.16. The average Bonchev–Trinajstić information content (AvgIpc) is 2.66. The largest absolute Gasteiger partial charge is 0.372 e. The molecule has 6 heteroatoms. The SMILES string of the molecule is Cc1ccc(Cl)cc1NC(=O)CC(=O)Nc1ccc(N2CCC(C)CC2)cc1. The van der Waals surface area contributed by atoms with Gasteiger partial charge in [0.05, 0.1) is 0 Å². The molecule has 5 nitrogen and oxygen atoms in total. The van der Waals surface area contributed by atoms with E-state index in [1.54, 1.807) is 12.1 Å². The summed E-state index contributed by atoms with van der Waals surface area (Å²) in [6.45, 7) is 6.29. The summed E-state index contributed by atoms with van der Waals surface area (Å²) >= 11 is 5.96. The Hall–Kier alpha value is -2.53. The van der Waals surface area contributed by atoms with E-state index in [2.05, 4.69) is 22.5 Å². The highest BCUT2D eigenvalue weighted by Crippen LogP contribution is 2.24. The van der Waals surface area contributed by atoms with Gasteiger partial charge in [-0.25, -0.2) is 0 Å². The molecule has 0 saturated carbocycles. The molecule has 0 aromatic heterocycles. The molecule has 0 bridgehead atoms. The number of carbonyl (C=O) groups excluding carboxylic acids is 2. The Bertz CT molecular complexity index is 843. The van der Waals surface area contributed by atoms with Crippen LogP contribution in [0.1, 0.15) is 31.7 Å². The predicted octanol–water partition coefficient (Wildman–Crippen LogP) is 4.85. The Morgan fingerprint density at radius 3 is 2.36 bits per heavy atom. The monoisotopic (exact) mass is 399 g/mol. The maximum absolute atomic E-state index is 12.2. The van der Waals surface area contributed by atoms with E-state index in [0.29, 0.717) is 16.4 Å². The van der Waals surface area contributed by atoms with Gasteiger partial charge < -0.3 is 15.5 Å². The third-order valence-electron chi connectivity index (χ3n) is 5.09. The number of aryl methyl sites for hydroxylation is 1. The summed E-state index contributed by atoms with van der Waals surface area (Å²) < 4.78 is 0. The number of piperidine rings is 1. The lowest BCUT2D eigenvalue weighted by Crippen LogP contribution is -2.32. The number of hydrogen-bond acceptors (Lipinski definition) is 3. The summed E-state index contributed by atoms with van der Waals surface area (Å²) in [5.41, 5.74) is 3.36. The van der Waals surface area contributed by atoms with Gasteiger partial charge in [-0.3, -0.25) is 9.59 Å². The Kier molecular flexibility index (Phi) is 6.57. The minimum absolute atomic E-state index is 0.252. The lowest BCUT2D eigenvalue weighted by molar-refractivity contribution is -0.123. The van der Waals surface area contributed by atoms with Crippen LogP contribution in [0, 0.1) is 12.8 Å². The second kappa shape index (κ2) is 9.11. The van der Waals surface area contributed by atoms with Crippen molar-refractivity contribution in [1.29, 1.82) is 0 Å². The first-order chi connectivity index (χ1) is 13.4. The van der Waals surface area contributed by atoms with E-state index in [9.17, 15) is 9.59 Å². The number of anilines is 3. The number of carbonyl (C=O) groups is 2. The van der Waals surface area contributed by atoms with E-state index in [1.807, 2.05) is 37.3 Å². The fraction of sp³-hybridized carbons (Fsp3) is 0.364. The van der Waals surface area contributed by atoms with Crippen molar-refractivity contribution in [2.24, 2.45) is 5.92 Å². The van der Waals surface area contributed by atoms with E-state index in [0.717, 1.165) is 24.6 Å². The summed E-state index contributed by atoms with van der Waals surface area (Å²) in [7, 11) is 0. The molecule has 0 atom stereocenters. The standard InChI is InChI=1S/C22H26ClN3O2/c1-15-9-11-26(12-10-15)19-7-5-18(6-8-19)24-21(27)14-22(28)25-20-13-17(23)4-3-16(20)2/h3-8,13,15H,9-12,14H2,1-2H3,(H,24,27)(H,25,28). The Balaban J connectivity index is 1.51. The molecular formula is C22H26ClN3O2. The molecule has 3 rings (SSSR count). The van der Waals surface area contributed by atoms with Gasteiger partial charge in [0.25, 0.3) is 0 Å². The van der Waals surface area contributed by atoms with Crippen LogP contribution in [0.3, 0.4) is 0 Å². The number of benzene rings is 2. The van der Waals surface area contributed by atoms with Gasteiger partial charge >= 0.3 is 0 Å². The van der Waals surface area contributed by atoms with Gasteiger partial charge in [-0.05, 0) is 67.6 Å². The number of nitrogens with zero attached hydrogens (tertiary/aromatic N) is 1. The minimum Gasteiger partial charge on any atom is -0.372 e. The normalized spacial score (nSPS) is 14.6. The molecule has 1 aliphatic heterocycles. The number of rotatable bonds is 5. The van der Waals surface area contributed by atoms with Crippen molar-refractivity contribution in [3.05, 3.63) is 53.1 Å². The predicted molar refractivity (Wildman–Crippen MR) is 115 cm³/mol. The van der Waals surface area contributed by atoms with Crippen molar-refractivity contribution in [1.82, 2.24) is 0 Å². The maximum atomic E-state index is 12.2. The van der Waals surface area contributed by atoms with Gasteiger partial charge in [-0.1, -0.05) is 24.6 Å². The Labute approximate surface area is 171 Å². The Morgan fingerprint density at radius 1 is 1.04 bits per heavy atom. The van der Waals surface area contributed by atoms with Crippen LogP contribution in [0.25, 0.3) is 0 Å². The first kappa shape index (κ1) is 20.2. The average molecular weight is 400 g/mol. The van der Waals surface area contributed by atoms with E-state index in [4.69, 9.17) is 11.6 Å². The van der Waals surface area contributed by atoms with Crippen LogP contribution in [0.15, 0.2) is 42.5 Å². The Morgan fingerprint density at radius 2 is 1.68 bits per heavy atom. The van der Waals surface area contributed by atoms with Crippen LogP contribution in [0.2, 0.25) is 5.02 Å². The smallest absolute Gasteiger partial charge is 0.233 e. The highest BCUT2D eigenvalue weighted by Gasteiger charge is 2.16. The summed E-state index contributed by atoms with van der Waals surface area (Å²) in [5, 5.41) is 6.05. The van der Waals surface area contributed by atoms with Gasteiger partial charge in [0, 0.05) is 35.2 Å². The van der Waals surface area contributed by atoms with Crippen molar-refractivity contribution >= 4 is 40.5 Å². The molecule has 1 aliphatic rings. The van der Waals surface area contributed by atoms with Crippen LogP contribution in [0.4, 0.5) is 17.1 Å². The van der Waals surface area contributed by atoms with Crippen LogP contribution >= 0.6 is 11.6 Å². The minimum atomic E-state index is -0.373. The van der Waals surface area contributed by atoms with Crippen molar-refractivity contribution in [3.63, 3.8) is 0 Å². The number of hydrogen-bond donors (Lipinski definition) is 2. The van der Waals surface area contributed by atoms with E-state index in [-0.39, 0.29) is 18.2 Å². The maximum Gasteiger partial charge on any atom is 0.233 e. The molecule has 2 aromatic rings. The number of amides is 2. The highest BCUT2D eigenvalue weighted by molar-refractivity contribution is 6.31. The zero-order chi connectivity index (χ0) is 20.1. The van der Waals surface area contributed by atoms with Gasteiger partial charge in [0.15, 0.2) is 0 Å². The van der Waals surface area contributed by atoms with Crippen molar-refractivity contribution in [3.8, 4) is 0 Å². The van der Waals surface area contributed by atoms with Crippen LogP contribution in [-0.4, -0.2) is 24.9 Å². The molecule has 2 amide bonds. The molecule has 2 N–H and O–H groups in total. The fourth-order valence-corrected chi connectivity index (χ4v) is 3.47. The van der Waals surface area contributed by atoms with Crippen LogP contribution in [-0.2, 0) is 9.59 Å². The molecule has 0 spiro atoms. The summed E-state index contributed by atoms with van der Waals surface area (Å²) in [5.74, 6) is 0.0651. The van der Waals surface area contributed by atoms with Gasteiger partial charge in [-0.15, -0.1) is 0 Å². The van der Waals surface area contributed by atoms with E-state index in [1.165, 1.54) is 18.5 Å². The topological polar surface area (TPSA) is 61.4 Å². The number of halogens is 1. The highest BCUT2D eigenvalue weighted by atomic mass is 35.5. The zero-order valence-electron chi connectivity index (χ0n) is 16.3. The van der Waals surface area contributed by atoms with E-state index < -0.39 is 0 Å². The molecule has 0 radical (unpaired) electrons. The molecule has 148 valence electrons. The first-order valence-corrected chi connectivity index (χ1v) is 9.99. The van der Waals surface area contributed by atoms with Gasteiger partial charge in [-0.2, -0.15) is 0 Å². The molecular weight excluding hydrogens is 374 g/mol. The lowest BCUT2D eigenvalue weighted by atomic mass is 9.99. The zero-order valence-corrected chi connectivity index (χ0v) is 17.1. The summed E-state index contributed by atoms with van der Waals surface area (Å²) in [4.78, 5) is 26.7. The second-order valence-electron chi connectivity index (χ2n) is 7.45. The molecule has 0 unspecified atom stereocenters. The quantitative estimate of drug-likeness (QED) is 0.706. The van der Waals surface area contributed by atoms with Crippen molar-refractivity contribution in [2.75, 3.05) is 28.6 Å². The molecule has 0 aliphatic carbocycles. The third kappa shape index (κ3) is 5.49.